The van der Waals surface area contributed by atoms with Crippen molar-refractivity contribution in [3.63, 3.8) is 0 Å². The van der Waals surface area contributed by atoms with Gasteiger partial charge in [-0.3, -0.25) is 4.79 Å². The van der Waals surface area contributed by atoms with Gasteiger partial charge < -0.3 is 14.7 Å². The average Bonchev–Trinajstić information content (AvgIpc) is 2.40. The van der Waals surface area contributed by atoms with E-state index in [1.807, 2.05) is 0 Å². The molecule has 110 valence electrons. The number of benzene rings is 1. The Balaban J connectivity index is 2.77. The Hall–Kier alpha value is -1.75. The van der Waals surface area contributed by atoms with Crippen LogP contribution in [0.25, 0.3) is 0 Å². The van der Waals surface area contributed by atoms with Crippen LogP contribution in [-0.4, -0.2) is 41.1 Å². The highest BCUT2D eigenvalue weighted by molar-refractivity contribution is 6.32. The molecule has 0 aliphatic carbocycles. The van der Waals surface area contributed by atoms with Crippen molar-refractivity contribution < 1.29 is 19.4 Å². The van der Waals surface area contributed by atoms with Gasteiger partial charge in [0, 0.05) is 7.05 Å². The number of rotatable bonds is 6. The quantitative estimate of drug-likeness (QED) is 0.876. The van der Waals surface area contributed by atoms with Crippen LogP contribution >= 0.6 is 11.6 Å². The van der Waals surface area contributed by atoms with Crippen molar-refractivity contribution in [2.24, 2.45) is 0 Å². The van der Waals surface area contributed by atoms with Gasteiger partial charge in [-0.1, -0.05) is 30.7 Å². The lowest BCUT2D eigenvalue weighted by atomic mass is 10.2. The van der Waals surface area contributed by atoms with Crippen molar-refractivity contribution >= 4 is 23.5 Å². The van der Waals surface area contributed by atoms with E-state index in [-0.39, 0.29) is 0 Å². The number of para-hydroxylation sites is 1. The van der Waals surface area contributed by atoms with Gasteiger partial charge in [-0.2, -0.15) is 0 Å². The van der Waals surface area contributed by atoms with Crippen LogP contribution in [0.3, 0.4) is 0 Å². The number of aliphatic carboxylic acids is 1. The summed E-state index contributed by atoms with van der Waals surface area (Å²) in [7, 11) is 1.46. The van der Waals surface area contributed by atoms with Crippen molar-refractivity contribution in [2.45, 2.75) is 32.4 Å². The number of nitrogens with zero attached hydrogens (tertiary/aromatic N) is 1. The molecule has 0 spiro atoms. The Morgan fingerprint density at radius 1 is 1.40 bits per heavy atom. The molecule has 0 saturated carbocycles. The minimum Gasteiger partial charge on any atom is -0.480 e. The average molecular weight is 300 g/mol. The number of ether oxygens (including phenoxy) is 1. The number of hydrogen-bond acceptors (Lipinski definition) is 3. The number of carboxylic acids is 1. The van der Waals surface area contributed by atoms with Crippen LogP contribution in [0.1, 0.15) is 20.3 Å². The molecule has 1 aromatic carbocycles. The molecule has 0 aliphatic heterocycles. The second kappa shape index (κ2) is 7.14. The highest BCUT2D eigenvalue weighted by atomic mass is 35.5. The van der Waals surface area contributed by atoms with Gasteiger partial charge in [-0.15, -0.1) is 0 Å². The molecule has 1 amide bonds. The van der Waals surface area contributed by atoms with E-state index in [0.29, 0.717) is 17.2 Å². The number of halogens is 1. The molecule has 20 heavy (non-hydrogen) atoms. The minimum atomic E-state index is -1.03. The topological polar surface area (TPSA) is 66.8 Å². The maximum absolute atomic E-state index is 12.2. The molecule has 1 aromatic rings. The van der Waals surface area contributed by atoms with E-state index in [9.17, 15) is 9.59 Å². The third kappa shape index (κ3) is 3.87. The van der Waals surface area contributed by atoms with Crippen LogP contribution < -0.4 is 4.74 Å². The molecule has 2 atom stereocenters. The fourth-order valence-electron chi connectivity index (χ4n) is 1.84. The van der Waals surface area contributed by atoms with Crippen LogP contribution in [-0.2, 0) is 9.59 Å². The van der Waals surface area contributed by atoms with Crippen LogP contribution in [0.5, 0.6) is 5.75 Å². The lowest BCUT2D eigenvalue weighted by Crippen LogP contribution is -2.47. The number of carboxylic acid groups (broad SMARTS) is 1. The van der Waals surface area contributed by atoms with Gasteiger partial charge in [0.15, 0.2) is 6.10 Å². The predicted molar refractivity (Wildman–Crippen MR) is 76.0 cm³/mol. The van der Waals surface area contributed by atoms with E-state index in [1.54, 1.807) is 38.1 Å². The molecular formula is C14H18ClNO4. The molecule has 0 fully saturated rings. The van der Waals surface area contributed by atoms with Crippen molar-refractivity contribution in [1.82, 2.24) is 4.90 Å². The van der Waals surface area contributed by atoms with Crippen LogP contribution in [0.15, 0.2) is 24.3 Å². The van der Waals surface area contributed by atoms with E-state index in [0.717, 1.165) is 0 Å². The van der Waals surface area contributed by atoms with E-state index >= 15 is 0 Å². The molecule has 2 unspecified atom stereocenters. The zero-order valence-corrected chi connectivity index (χ0v) is 12.4. The van der Waals surface area contributed by atoms with E-state index in [1.165, 1.54) is 11.9 Å². The van der Waals surface area contributed by atoms with Gasteiger partial charge in [-0.05, 0) is 25.5 Å². The first-order valence-electron chi connectivity index (χ1n) is 6.29. The van der Waals surface area contributed by atoms with Crippen LogP contribution in [0.4, 0.5) is 0 Å². The van der Waals surface area contributed by atoms with Crippen molar-refractivity contribution in [2.75, 3.05) is 7.05 Å². The van der Waals surface area contributed by atoms with Gasteiger partial charge in [0.1, 0.15) is 11.8 Å². The number of hydrogen-bond donors (Lipinski definition) is 1. The number of amides is 1. The highest BCUT2D eigenvalue weighted by Gasteiger charge is 2.29. The SMILES string of the molecule is CCC(C(=O)O)N(C)C(=O)C(C)Oc1ccccc1Cl. The van der Waals surface area contributed by atoms with Gasteiger partial charge in [0.25, 0.3) is 5.91 Å². The van der Waals surface area contributed by atoms with Crippen LogP contribution in [0, 0.1) is 0 Å². The molecule has 0 aliphatic rings. The number of likely N-dealkylation sites (N-methyl/N-ethyl adjacent to an activating group) is 1. The molecule has 0 aromatic heterocycles. The van der Waals surface area contributed by atoms with E-state index < -0.39 is 24.0 Å². The normalized spacial score (nSPS) is 13.4. The number of carbonyl (C=O) groups excluding carboxylic acids is 1. The summed E-state index contributed by atoms with van der Waals surface area (Å²) in [6, 6.07) is 5.95. The standard InChI is InChI=1S/C14H18ClNO4/c1-4-11(14(18)19)16(3)13(17)9(2)20-12-8-6-5-7-10(12)15/h5-9,11H,4H2,1-3H3,(H,18,19). The second-order valence-electron chi connectivity index (χ2n) is 4.40. The summed E-state index contributed by atoms with van der Waals surface area (Å²) in [5, 5.41) is 9.46. The summed E-state index contributed by atoms with van der Waals surface area (Å²) < 4.78 is 5.49. The zero-order valence-electron chi connectivity index (χ0n) is 11.7. The molecule has 0 bridgehead atoms. The smallest absolute Gasteiger partial charge is 0.326 e. The largest absolute Gasteiger partial charge is 0.480 e. The summed E-state index contributed by atoms with van der Waals surface area (Å²) in [6.07, 6.45) is -0.482. The maximum atomic E-state index is 12.2. The van der Waals surface area contributed by atoms with E-state index in [2.05, 4.69) is 0 Å². The van der Waals surface area contributed by atoms with Gasteiger partial charge in [0.2, 0.25) is 0 Å². The molecule has 1 N–H and O–H groups in total. The van der Waals surface area contributed by atoms with Crippen molar-refractivity contribution in [1.29, 1.82) is 0 Å². The maximum Gasteiger partial charge on any atom is 0.326 e. The van der Waals surface area contributed by atoms with Gasteiger partial charge in [-0.25, -0.2) is 4.79 Å². The summed E-state index contributed by atoms with van der Waals surface area (Å²) in [4.78, 5) is 24.4. The Morgan fingerprint density at radius 3 is 2.50 bits per heavy atom. The molecule has 0 radical (unpaired) electrons. The zero-order chi connectivity index (χ0) is 15.3. The molecule has 0 saturated heterocycles. The van der Waals surface area contributed by atoms with Crippen LogP contribution in [0.2, 0.25) is 5.02 Å². The first-order valence-corrected chi connectivity index (χ1v) is 6.67. The van der Waals surface area contributed by atoms with Crippen molar-refractivity contribution in [3.05, 3.63) is 29.3 Å². The molecule has 5 nitrogen and oxygen atoms in total. The summed E-state index contributed by atoms with van der Waals surface area (Å²) in [5.41, 5.74) is 0. The molecule has 0 heterocycles. The third-order valence-electron chi connectivity index (χ3n) is 2.98. The third-order valence-corrected chi connectivity index (χ3v) is 3.29. The lowest BCUT2D eigenvalue weighted by Gasteiger charge is -2.27. The monoisotopic (exact) mass is 299 g/mol. The summed E-state index contributed by atoms with van der Waals surface area (Å²) in [6.45, 7) is 3.28. The first-order chi connectivity index (χ1) is 9.38. The summed E-state index contributed by atoms with van der Waals surface area (Å²) in [5.74, 6) is -1.04. The summed E-state index contributed by atoms with van der Waals surface area (Å²) >= 11 is 5.95. The molecule has 1 rings (SSSR count). The minimum absolute atomic E-state index is 0.330. The number of carbonyl (C=O) groups is 2. The first kappa shape index (κ1) is 16.3. The highest BCUT2D eigenvalue weighted by Crippen LogP contribution is 2.24. The Morgan fingerprint density at radius 2 is 2.00 bits per heavy atom. The fourth-order valence-corrected chi connectivity index (χ4v) is 2.02. The van der Waals surface area contributed by atoms with E-state index in [4.69, 9.17) is 21.4 Å². The Bertz CT molecular complexity index is 492. The Kier molecular flexibility index (Phi) is 5.82. The molecule has 6 heteroatoms. The van der Waals surface area contributed by atoms with Crippen molar-refractivity contribution in [3.8, 4) is 5.75 Å². The predicted octanol–water partition coefficient (Wildman–Crippen LogP) is 2.43. The lowest BCUT2D eigenvalue weighted by molar-refractivity contribution is -0.151. The second-order valence-corrected chi connectivity index (χ2v) is 4.81. The van der Waals surface area contributed by atoms with Gasteiger partial charge in [0.05, 0.1) is 5.02 Å². The molecular weight excluding hydrogens is 282 g/mol. The van der Waals surface area contributed by atoms with Gasteiger partial charge >= 0.3 is 5.97 Å². The Labute approximate surface area is 123 Å². The fraction of sp³-hybridized carbons (Fsp3) is 0.429.